The third-order valence-corrected chi connectivity index (χ3v) is 3.97. The van der Waals surface area contributed by atoms with E-state index in [9.17, 15) is 14.4 Å². The minimum Gasteiger partial charge on any atom is -0.618 e. The number of hydrogen-bond acceptors (Lipinski definition) is 2. The van der Waals surface area contributed by atoms with Gasteiger partial charge in [0.25, 0.3) is 5.91 Å². The highest BCUT2D eigenvalue weighted by molar-refractivity contribution is 6.30. The summed E-state index contributed by atoms with van der Waals surface area (Å²) in [6.45, 7) is 0.00772. The van der Waals surface area contributed by atoms with Gasteiger partial charge in [-0.25, -0.2) is 4.39 Å². The predicted molar refractivity (Wildman–Crippen MR) is 93.4 cm³/mol. The molecule has 2 aromatic carbocycles. The van der Waals surface area contributed by atoms with Gasteiger partial charge in [0.05, 0.1) is 5.56 Å². The first-order valence-corrected chi connectivity index (χ1v) is 7.93. The molecule has 0 saturated heterocycles. The highest BCUT2D eigenvalue weighted by Crippen LogP contribution is 2.23. The normalized spacial score (nSPS) is 10.5. The van der Waals surface area contributed by atoms with Crippen LogP contribution in [0, 0.1) is 11.0 Å². The van der Waals surface area contributed by atoms with Crippen molar-refractivity contribution in [3.63, 3.8) is 0 Å². The first kappa shape index (κ1) is 16.9. The summed E-state index contributed by atoms with van der Waals surface area (Å²) in [7, 11) is 0. The molecule has 1 heterocycles. The lowest BCUT2D eigenvalue weighted by Crippen LogP contribution is -2.35. The molecule has 0 atom stereocenters. The number of nitrogens with one attached hydrogen (secondary N) is 1. The van der Waals surface area contributed by atoms with E-state index in [1.165, 1.54) is 18.3 Å². The molecule has 0 aliphatic carbocycles. The Morgan fingerprint density at radius 1 is 1.08 bits per heavy atom. The van der Waals surface area contributed by atoms with Crippen molar-refractivity contribution in [2.45, 2.75) is 6.54 Å². The standard InChI is InChI=1S/C19H14ClFN2O2/c20-15-7-4-13(5-8-15)14-6-9-18(21)17(11-14)19(24)22-12-16-3-1-2-10-23(16)25/h1-11H,12H2,(H,22,24). The number of halogens is 2. The molecule has 4 nitrogen and oxygen atoms in total. The molecule has 0 fully saturated rings. The predicted octanol–water partition coefficient (Wildman–Crippen LogP) is 3.71. The van der Waals surface area contributed by atoms with Gasteiger partial charge in [-0.15, -0.1) is 0 Å². The van der Waals surface area contributed by atoms with Crippen molar-refractivity contribution < 1.29 is 13.9 Å². The molecule has 126 valence electrons. The molecule has 0 aliphatic rings. The molecule has 3 aromatic rings. The zero-order valence-corrected chi connectivity index (χ0v) is 13.8. The maximum atomic E-state index is 14.1. The Hall–Kier alpha value is -2.92. The average Bonchev–Trinajstić information content (AvgIpc) is 2.62. The summed E-state index contributed by atoms with van der Waals surface area (Å²) in [5.41, 5.74) is 1.80. The van der Waals surface area contributed by atoms with Crippen molar-refractivity contribution in [1.29, 1.82) is 0 Å². The Morgan fingerprint density at radius 2 is 1.80 bits per heavy atom. The minimum absolute atomic E-state index is 0.00772. The highest BCUT2D eigenvalue weighted by Gasteiger charge is 2.14. The fraction of sp³-hybridized carbons (Fsp3) is 0.0526. The molecule has 1 aromatic heterocycles. The first-order valence-electron chi connectivity index (χ1n) is 7.55. The maximum Gasteiger partial charge on any atom is 0.254 e. The number of rotatable bonds is 4. The van der Waals surface area contributed by atoms with E-state index in [2.05, 4.69) is 5.32 Å². The van der Waals surface area contributed by atoms with Crippen LogP contribution in [0.5, 0.6) is 0 Å². The van der Waals surface area contributed by atoms with Gasteiger partial charge in [0.1, 0.15) is 12.4 Å². The van der Waals surface area contributed by atoms with Crippen molar-refractivity contribution in [1.82, 2.24) is 5.32 Å². The van der Waals surface area contributed by atoms with Gasteiger partial charge in [0.2, 0.25) is 5.69 Å². The van der Waals surface area contributed by atoms with Crippen LogP contribution in [0.2, 0.25) is 5.02 Å². The minimum atomic E-state index is -0.627. The SMILES string of the molecule is O=C(NCc1cccc[n+]1[O-])c1cc(-c2ccc(Cl)cc2)ccc1F. The molecule has 0 unspecified atom stereocenters. The van der Waals surface area contributed by atoms with Crippen LogP contribution in [0.25, 0.3) is 11.1 Å². The summed E-state index contributed by atoms with van der Waals surface area (Å²) < 4.78 is 14.7. The average molecular weight is 357 g/mol. The third-order valence-electron chi connectivity index (χ3n) is 3.72. The number of benzene rings is 2. The van der Waals surface area contributed by atoms with Crippen LogP contribution in [-0.2, 0) is 6.54 Å². The number of nitrogens with zero attached hydrogens (tertiary/aromatic N) is 1. The fourth-order valence-corrected chi connectivity index (χ4v) is 2.51. The molecule has 3 rings (SSSR count). The number of amides is 1. The number of pyridine rings is 1. The van der Waals surface area contributed by atoms with Gasteiger partial charge in [-0.2, -0.15) is 4.73 Å². The van der Waals surface area contributed by atoms with Crippen molar-refractivity contribution in [3.8, 4) is 11.1 Å². The van der Waals surface area contributed by atoms with E-state index in [0.717, 1.165) is 5.56 Å². The van der Waals surface area contributed by atoms with E-state index in [1.54, 1.807) is 48.5 Å². The van der Waals surface area contributed by atoms with E-state index in [0.29, 0.717) is 21.0 Å². The van der Waals surface area contributed by atoms with Crippen molar-refractivity contribution >= 4 is 17.5 Å². The second kappa shape index (κ2) is 7.32. The van der Waals surface area contributed by atoms with Gasteiger partial charge in [0.15, 0.2) is 6.20 Å². The van der Waals surface area contributed by atoms with E-state index in [4.69, 9.17) is 11.6 Å². The molecule has 0 spiro atoms. The van der Waals surface area contributed by atoms with Crippen LogP contribution in [0.1, 0.15) is 16.1 Å². The molecule has 6 heteroatoms. The molecule has 25 heavy (non-hydrogen) atoms. The highest BCUT2D eigenvalue weighted by atomic mass is 35.5. The smallest absolute Gasteiger partial charge is 0.254 e. The lowest BCUT2D eigenvalue weighted by atomic mass is 10.0. The Bertz CT molecular complexity index is 914. The van der Waals surface area contributed by atoms with Gasteiger partial charge in [-0.05, 0) is 41.5 Å². The molecular formula is C19H14ClFN2O2. The number of hydrogen-bond donors (Lipinski definition) is 1. The van der Waals surface area contributed by atoms with Crippen LogP contribution >= 0.6 is 11.6 Å². The van der Waals surface area contributed by atoms with E-state index >= 15 is 0 Å². The number of carbonyl (C=O) groups excluding carboxylic acids is 1. The molecule has 0 bridgehead atoms. The molecular weight excluding hydrogens is 343 g/mol. The van der Waals surface area contributed by atoms with Crippen LogP contribution in [0.3, 0.4) is 0 Å². The van der Waals surface area contributed by atoms with E-state index in [1.807, 2.05) is 0 Å². The summed E-state index contributed by atoms with van der Waals surface area (Å²) in [6, 6.07) is 16.2. The van der Waals surface area contributed by atoms with Gasteiger partial charge in [0, 0.05) is 17.2 Å². The maximum absolute atomic E-state index is 14.1. The molecule has 1 amide bonds. The second-order valence-corrected chi connectivity index (χ2v) is 5.84. The van der Waals surface area contributed by atoms with Crippen LogP contribution in [0.15, 0.2) is 66.9 Å². The quantitative estimate of drug-likeness (QED) is 0.572. The number of carbonyl (C=O) groups is 1. The lowest BCUT2D eigenvalue weighted by Gasteiger charge is -2.09. The Labute approximate surface area is 149 Å². The van der Waals surface area contributed by atoms with Crippen molar-refractivity contribution in [2.24, 2.45) is 0 Å². The molecule has 0 aliphatic heterocycles. The Kier molecular flexibility index (Phi) is 4.95. The monoisotopic (exact) mass is 356 g/mol. The van der Waals surface area contributed by atoms with Gasteiger partial charge < -0.3 is 10.5 Å². The lowest BCUT2D eigenvalue weighted by molar-refractivity contribution is -0.614. The summed E-state index contributed by atoms with van der Waals surface area (Å²) in [6.07, 6.45) is 1.34. The summed E-state index contributed by atoms with van der Waals surface area (Å²) in [5.74, 6) is -1.21. The van der Waals surface area contributed by atoms with E-state index < -0.39 is 11.7 Å². The molecule has 0 saturated carbocycles. The first-order chi connectivity index (χ1) is 12.0. The summed E-state index contributed by atoms with van der Waals surface area (Å²) in [5, 5.41) is 14.7. The van der Waals surface area contributed by atoms with Gasteiger partial charge in [-0.3, -0.25) is 4.79 Å². The fourth-order valence-electron chi connectivity index (χ4n) is 2.39. The zero-order chi connectivity index (χ0) is 17.8. The molecule has 0 radical (unpaired) electrons. The van der Waals surface area contributed by atoms with Crippen LogP contribution in [0.4, 0.5) is 4.39 Å². The zero-order valence-electron chi connectivity index (χ0n) is 13.1. The van der Waals surface area contributed by atoms with Gasteiger partial charge >= 0.3 is 0 Å². The third kappa shape index (κ3) is 3.95. The molecule has 1 N–H and O–H groups in total. The summed E-state index contributed by atoms with van der Waals surface area (Å²) in [4.78, 5) is 12.3. The number of aromatic nitrogens is 1. The Morgan fingerprint density at radius 3 is 2.52 bits per heavy atom. The largest absolute Gasteiger partial charge is 0.618 e. The Balaban J connectivity index is 1.81. The van der Waals surface area contributed by atoms with Crippen LogP contribution in [-0.4, -0.2) is 5.91 Å². The van der Waals surface area contributed by atoms with Crippen molar-refractivity contribution in [3.05, 3.63) is 94.2 Å². The van der Waals surface area contributed by atoms with Crippen molar-refractivity contribution in [2.75, 3.05) is 0 Å². The van der Waals surface area contributed by atoms with E-state index in [-0.39, 0.29) is 12.1 Å². The second-order valence-electron chi connectivity index (χ2n) is 5.40. The summed E-state index contributed by atoms with van der Waals surface area (Å²) >= 11 is 5.87. The topological polar surface area (TPSA) is 56.0 Å². The van der Waals surface area contributed by atoms with Gasteiger partial charge in [-0.1, -0.05) is 29.8 Å². The van der Waals surface area contributed by atoms with Crippen LogP contribution < -0.4 is 10.0 Å².